The fourth-order valence-corrected chi connectivity index (χ4v) is 1.24. The fourth-order valence-electron chi connectivity index (χ4n) is 1.08. The number of methoxy groups -OCH3 is 2. The summed E-state index contributed by atoms with van der Waals surface area (Å²) in [5, 5.41) is 0. The minimum Gasteiger partial charge on any atom is -0.497 e. The number of amides is 2. The van der Waals surface area contributed by atoms with E-state index < -0.39 is 6.03 Å². The Balaban J connectivity index is 3.12. The van der Waals surface area contributed by atoms with E-state index >= 15 is 0 Å². The molecule has 2 N–H and O–H groups in total. The molecule has 0 heterocycles. The Hall–Kier alpha value is -1.56. The van der Waals surface area contributed by atoms with Crippen molar-refractivity contribution < 1.29 is 14.3 Å². The number of hydrogen-bond acceptors (Lipinski definition) is 4. The minimum absolute atomic E-state index is 0.461. The summed E-state index contributed by atoms with van der Waals surface area (Å²) >= 11 is 3.94. The van der Waals surface area contributed by atoms with Gasteiger partial charge in [-0.3, -0.25) is 0 Å². The molecule has 0 aliphatic rings. The van der Waals surface area contributed by atoms with Gasteiger partial charge in [0.2, 0.25) is 0 Å². The zero-order valence-electron chi connectivity index (χ0n) is 8.43. The average Bonchev–Trinajstić information content (AvgIpc) is 2.27. The van der Waals surface area contributed by atoms with Crippen LogP contribution in [0.5, 0.6) is 11.5 Å². The lowest BCUT2D eigenvalue weighted by Crippen LogP contribution is -2.27. The summed E-state index contributed by atoms with van der Waals surface area (Å²) in [5.74, 6) is 1.09. The van der Waals surface area contributed by atoms with Gasteiger partial charge in [0.25, 0.3) is 0 Å². The minimum atomic E-state index is -0.679. The molecule has 2 amide bonds. The first kappa shape index (κ1) is 11.5. The summed E-state index contributed by atoms with van der Waals surface area (Å²) in [6.07, 6.45) is 0. The second-order valence-corrected chi connectivity index (χ2v) is 3.09. The third-order valence-electron chi connectivity index (χ3n) is 1.82. The number of anilines is 1. The topological polar surface area (TPSA) is 64.8 Å². The van der Waals surface area contributed by atoms with Crippen LogP contribution < -0.4 is 19.5 Å². The van der Waals surface area contributed by atoms with Gasteiger partial charge in [0.05, 0.1) is 19.9 Å². The molecule has 0 saturated carbocycles. The number of nitrogens with two attached hydrogens (primary N) is 1. The second kappa shape index (κ2) is 4.79. The highest BCUT2D eigenvalue weighted by Gasteiger charge is 2.13. The highest BCUT2D eigenvalue weighted by Crippen LogP contribution is 2.32. The lowest BCUT2D eigenvalue weighted by Gasteiger charge is -2.16. The predicted molar refractivity (Wildman–Crippen MR) is 60.6 cm³/mol. The maximum atomic E-state index is 10.9. The van der Waals surface area contributed by atoms with Crippen molar-refractivity contribution in [3.8, 4) is 11.5 Å². The van der Waals surface area contributed by atoms with Crippen LogP contribution in [-0.4, -0.2) is 20.3 Å². The van der Waals surface area contributed by atoms with E-state index in [2.05, 4.69) is 12.8 Å². The Morgan fingerprint density at radius 3 is 2.53 bits per heavy atom. The Labute approximate surface area is 93.3 Å². The molecule has 6 heteroatoms. The fraction of sp³-hybridized carbons (Fsp3) is 0.222. The summed E-state index contributed by atoms with van der Waals surface area (Å²) in [4.78, 5) is 10.9. The summed E-state index contributed by atoms with van der Waals surface area (Å²) < 4.78 is 11.1. The van der Waals surface area contributed by atoms with Crippen LogP contribution in [0.2, 0.25) is 0 Å². The van der Waals surface area contributed by atoms with E-state index in [9.17, 15) is 4.79 Å². The van der Waals surface area contributed by atoms with Crippen LogP contribution in [0.25, 0.3) is 0 Å². The van der Waals surface area contributed by atoms with Gasteiger partial charge in [0.1, 0.15) is 11.5 Å². The first-order chi connectivity index (χ1) is 7.10. The lowest BCUT2D eigenvalue weighted by atomic mass is 10.2. The van der Waals surface area contributed by atoms with Crippen LogP contribution in [0.15, 0.2) is 18.2 Å². The van der Waals surface area contributed by atoms with E-state index in [1.807, 2.05) is 0 Å². The van der Waals surface area contributed by atoms with Crippen LogP contribution >= 0.6 is 12.8 Å². The van der Waals surface area contributed by atoms with Crippen molar-refractivity contribution in [3.63, 3.8) is 0 Å². The van der Waals surface area contributed by atoms with Gasteiger partial charge < -0.3 is 15.2 Å². The zero-order valence-corrected chi connectivity index (χ0v) is 9.32. The standard InChI is InChI=1S/C9H12N2O3S/c1-13-6-3-4-7(8(5-6)14-2)11(15)9(10)12/h3-5,15H,1-2H3,(H2,10,12). The molecule has 0 aliphatic carbocycles. The van der Waals surface area contributed by atoms with E-state index in [-0.39, 0.29) is 0 Å². The number of primary amides is 1. The lowest BCUT2D eigenvalue weighted by molar-refractivity contribution is 0.257. The number of benzene rings is 1. The number of ether oxygens (including phenoxy) is 2. The molecule has 1 aromatic rings. The maximum absolute atomic E-state index is 10.9. The van der Waals surface area contributed by atoms with Gasteiger partial charge >= 0.3 is 6.03 Å². The van der Waals surface area contributed by atoms with Crippen molar-refractivity contribution in [3.05, 3.63) is 18.2 Å². The Morgan fingerprint density at radius 1 is 1.40 bits per heavy atom. The van der Waals surface area contributed by atoms with Crippen molar-refractivity contribution in [1.82, 2.24) is 0 Å². The highest BCUT2D eigenvalue weighted by molar-refractivity contribution is 7.82. The van der Waals surface area contributed by atoms with E-state index in [4.69, 9.17) is 15.2 Å². The van der Waals surface area contributed by atoms with Crippen molar-refractivity contribution in [2.75, 3.05) is 18.5 Å². The van der Waals surface area contributed by atoms with Gasteiger partial charge in [-0.15, -0.1) is 0 Å². The molecule has 0 spiro atoms. The number of hydrogen-bond donors (Lipinski definition) is 2. The van der Waals surface area contributed by atoms with Crippen molar-refractivity contribution in [2.24, 2.45) is 5.73 Å². The number of rotatable bonds is 3. The van der Waals surface area contributed by atoms with Crippen LogP contribution in [-0.2, 0) is 0 Å². The van der Waals surface area contributed by atoms with Crippen molar-refractivity contribution in [2.45, 2.75) is 0 Å². The molecule has 15 heavy (non-hydrogen) atoms. The molecule has 0 bridgehead atoms. The molecule has 0 aliphatic heterocycles. The Bertz CT molecular complexity index is 370. The molecule has 82 valence electrons. The van der Waals surface area contributed by atoms with Gasteiger partial charge in [-0.25, -0.2) is 9.10 Å². The molecular weight excluding hydrogens is 216 g/mol. The summed E-state index contributed by atoms with van der Waals surface area (Å²) in [5.41, 5.74) is 5.55. The van der Waals surface area contributed by atoms with E-state index in [1.165, 1.54) is 7.11 Å². The van der Waals surface area contributed by atoms with E-state index in [1.54, 1.807) is 25.3 Å². The van der Waals surface area contributed by atoms with Crippen LogP contribution in [0, 0.1) is 0 Å². The predicted octanol–water partition coefficient (Wildman–Crippen LogP) is 1.43. The molecule has 0 fully saturated rings. The monoisotopic (exact) mass is 228 g/mol. The summed E-state index contributed by atoms with van der Waals surface area (Å²) in [7, 11) is 3.03. The SMILES string of the molecule is COc1ccc(N(S)C(N)=O)c(OC)c1. The third kappa shape index (κ3) is 2.47. The van der Waals surface area contributed by atoms with Crippen LogP contribution in [0.4, 0.5) is 10.5 Å². The molecule has 0 radical (unpaired) electrons. The molecule has 1 aromatic carbocycles. The summed E-state index contributed by atoms with van der Waals surface area (Å²) in [6.45, 7) is 0. The number of urea groups is 1. The molecule has 0 saturated heterocycles. The molecule has 1 rings (SSSR count). The zero-order chi connectivity index (χ0) is 11.4. The first-order valence-corrected chi connectivity index (χ1v) is 4.50. The molecular formula is C9H12N2O3S. The normalized spacial score (nSPS) is 9.53. The third-order valence-corrected chi connectivity index (χ3v) is 2.24. The van der Waals surface area contributed by atoms with Gasteiger partial charge in [0, 0.05) is 6.07 Å². The Morgan fingerprint density at radius 2 is 2.07 bits per heavy atom. The molecule has 0 atom stereocenters. The van der Waals surface area contributed by atoms with Gasteiger partial charge in [-0.05, 0) is 12.1 Å². The molecule has 0 unspecified atom stereocenters. The smallest absolute Gasteiger partial charge is 0.329 e. The van der Waals surface area contributed by atoms with Crippen LogP contribution in [0.1, 0.15) is 0 Å². The van der Waals surface area contributed by atoms with Crippen LogP contribution in [0.3, 0.4) is 0 Å². The van der Waals surface area contributed by atoms with Crippen molar-refractivity contribution in [1.29, 1.82) is 0 Å². The second-order valence-electron chi connectivity index (χ2n) is 2.69. The number of nitrogens with zero attached hydrogens (tertiary/aromatic N) is 1. The highest BCUT2D eigenvalue weighted by atomic mass is 32.1. The average molecular weight is 228 g/mol. The van der Waals surface area contributed by atoms with Gasteiger partial charge in [0.15, 0.2) is 0 Å². The molecule has 0 aromatic heterocycles. The largest absolute Gasteiger partial charge is 0.497 e. The summed E-state index contributed by atoms with van der Waals surface area (Å²) in [6, 6.07) is 4.28. The number of carbonyl (C=O) groups is 1. The maximum Gasteiger partial charge on any atom is 0.329 e. The Kier molecular flexibility index (Phi) is 3.68. The van der Waals surface area contributed by atoms with Gasteiger partial charge in [-0.1, -0.05) is 12.8 Å². The molecule has 5 nitrogen and oxygen atoms in total. The first-order valence-electron chi connectivity index (χ1n) is 4.10. The van der Waals surface area contributed by atoms with Gasteiger partial charge in [-0.2, -0.15) is 0 Å². The van der Waals surface area contributed by atoms with E-state index in [0.717, 1.165) is 4.31 Å². The van der Waals surface area contributed by atoms with E-state index in [0.29, 0.717) is 17.2 Å². The number of thiol groups is 1. The number of carbonyl (C=O) groups excluding carboxylic acids is 1. The quantitative estimate of drug-likeness (QED) is 0.769. The van der Waals surface area contributed by atoms with Crippen molar-refractivity contribution >= 4 is 24.5 Å².